The van der Waals surface area contributed by atoms with Gasteiger partial charge in [0.15, 0.2) is 0 Å². The van der Waals surface area contributed by atoms with Crippen molar-refractivity contribution in [2.24, 2.45) is 5.92 Å². The van der Waals surface area contributed by atoms with Crippen LogP contribution in [0.2, 0.25) is 0 Å². The molecule has 0 spiro atoms. The smallest absolute Gasteiger partial charge is 0.0653 e. The maximum atomic E-state index is 9.82. The Kier molecular flexibility index (Phi) is 2.61. The van der Waals surface area contributed by atoms with Gasteiger partial charge in [-0.05, 0) is 51.1 Å². The minimum Gasteiger partial charge on any atom is -0.390 e. The molecule has 0 radical (unpaired) electrons. The van der Waals surface area contributed by atoms with Gasteiger partial charge in [-0.2, -0.15) is 0 Å². The summed E-state index contributed by atoms with van der Waals surface area (Å²) in [5.41, 5.74) is -0.235. The fourth-order valence-electron chi connectivity index (χ4n) is 2.49. The predicted molar refractivity (Wildman–Crippen MR) is 53.6 cm³/mol. The van der Waals surface area contributed by atoms with E-state index in [0.717, 1.165) is 25.2 Å². The normalized spacial score (nSPS) is 33.2. The van der Waals surface area contributed by atoms with Crippen molar-refractivity contribution < 1.29 is 5.11 Å². The molecule has 0 aromatic heterocycles. The largest absolute Gasteiger partial charge is 0.390 e. The Labute approximate surface area is 80.9 Å². The second-order valence-corrected chi connectivity index (χ2v) is 4.83. The first-order chi connectivity index (χ1) is 6.22. The number of aliphatic hydroxyl groups is 1. The SMILES string of the molecule is CCN1CCCC(CC2(O)CC2)C1. The van der Waals surface area contributed by atoms with E-state index < -0.39 is 0 Å². The molecule has 1 aliphatic heterocycles. The lowest BCUT2D eigenvalue weighted by atomic mass is 9.91. The lowest BCUT2D eigenvalue weighted by molar-refractivity contribution is 0.0856. The van der Waals surface area contributed by atoms with Gasteiger partial charge in [0.05, 0.1) is 5.60 Å². The molecule has 1 saturated carbocycles. The average Bonchev–Trinajstić information content (AvgIpc) is 2.84. The number of hydrogen-bond acceptors (Lipinski definition) is 2. The predicted octanol–water partition coefficient (Wildman–Crippen LogP) is 1.63. The van der Waals surface area contributed by atoms with Crippen LogP contribution in [0.5, 0.6) is 0 Å². The minimum atomic E-state index is -0.235. The summed E-state index contributed by atoms with van der Waals surface area (Å²) >= 11 is 0. The van der Waals surface area contributed by atoms with Gasteiger partial charge in [0, 0.05) is 6.54 Å². The van der Waals surface area contributed by atoms with Crippen LogP contribution in [0.15, 0.2) is 0 Å². The van der Waals surface area contributed by atoms with Crippen molar-refractivity contribution in [1.29, 1.82) is 0 Å². The summed E-state index contributed by atoms with van der Waals surface area (Å²) in [6, 6.07) is 0. The van der Waals surface area contributed by atoms with Crippen molar-refractivity contribution in [3.8, 4) is 0 Å². The number of rotatable bonds is 3. The van der Waals surface area contributed by atoms with Gasteiger partial charge >= 0.3 is 0 Å². The van der Waals surface area contributed by atoms with E-state index in [4.69, 9.17) is 0 Å². The van der Waals surface area contributed by atoms with Gasteiger partial charge in [0.2, 0.25) is 0 Å². The average molecular weight is 183 g/mol. The van der Waals surface area contributed by atoms with Crippen LogP contribution in [0, 0.1) is 5.92 Å². The highest BCUT2D eigenvalue weighted by Crippen LogP contribution is 2.42. The molecule has 1 unspecified atom stereocenters. The highest BCUT2D eigenvalue weighted by molar-refractivity contribution is 4.95. The summed E-state index contributed by atoms with van der Waals surface area (Å²) in [5, 5.41) is 9.82. The molecule has 0 amide bonds. The summed E-state index contributed by atoms with van der Waals surface area (Å²) in [4.78, 5) is 2.51. The standard InChI is InChI=1S/C11H21NO/c1-2-12-7-3-4-10(9-12)8-11(13)5-6-11/h10,13H,2-9H2,1H3. The monoisotopic (exact) mass is 183 g/mol. The summed E-state index contributed by atoms with van der Waals surface area (Å²) in [6.45, 7) is 5.90. The van der Waals surface area contributed by atoms with E-state index in [1.54, 1.807) is 0 Å². The highest BCUT2D eigenvalue weighted by Gasteiger charge is 2.42. The third-order valence-electron chi connectivity index (χ3n) is 3.55. The second-order valence-electron chi connectivity index (χ2n) is 4.83. The molecule has 1 heterocycles. The zero-order valence-electron chi connectivity index (χ0n) is 8.63. The number of likely N-dealkylation sites (tertiary alicyclic amines) is 1. The zero-order valence-corrected chi connectivity index (χ0v) is 8.63. The lowest BCUT2D eigenvalue weighted by Crippen LogP contribution is -2.36. The van der Waals surface area contributed by atoms with Gasteiger partial charge in [-0.3, -0.25) is 0 Å². The molecule has 1 saturated heterocycles. The van der Waals surface area contributed by atoms with E-state index in [2.05, 4.69) is 11.8 Å². The van der Waals surface area contributed by atoms with E-state index >= 15 is 0 Å². The first-order valence-electron chi connectivity index (χ1n) is 5.66. The van der Waals surface area contributed by atoms with E-state index in [0.29, 0.717) is 0 Å². The third kappa shape index (κ3) is 2.44. The van der Waals surface area contributed by atoms with E-state index in [-0.39, 0.29) is 5.60 Å². The summed E-state index contributed by atoms with van der Waals surface area (Å²) in [5.74, 6) is 0.765. The molecule has 2 rings (SSSR count). The Bertz CT molecular complexity index is 177. The van der Waals surface area contributed by atoms with Crippen molar-refractivity contribution in [2.45, 2.75) is 44.6 Å². The van der Waals surface area contributed by atoms with Crippen LogP contribution in [0.1, 0.15) is 39.0 Å². The van der Waals surface area contributed by atoms with Gasteiger partial charge in [-0.25, -0.2) is 0 Å². The molecule has 0 aromatic carbocycles. The molecule has 2 fully saturated rings. The second kappa shape index (κ2) is 3.58. The van der Waals surface area contributed by atoms with Crippen LogP contribution in [-0.2, 0) is 0 Å². The molecule has 2 aliphatic rings. The molecule has 1 aliphatic carbocycles. The van der Waals surface area contributed by atoms with Crippen LogP contribution < -0.4 is 0 Å². The van der Waals surface area contributed by atoms with Crippen molar-refractivity contribution in [2.75, 3.05) is 19.6 Å². The van der Waals surface area contributed by atoms with Gasteiger partial charge in [-0.1, -0.05) is 6.92 Å². The van der Waals surface area contributed by atoms with Crippen molar-refractivity contribution in [1.82, 2.24) is 4.90 Å². The first-order valence-corrected chi connectivity index (χ1v) is 5.66. The Morgan fingerprint density at radius 1 is 1.46 bits per heavy atom. The van der Waals surface area contributed by atoms with E-state index in [1.165, 1.54) is 32.5 Å². The van der Waals surface area contributed by atoms with Gasteiger partial charge in [0.1, 0.15) is 0 Å². The Morgan fingerprint density at radius 2 is 2.23 bits per heavy atom. The molecular weight excluding hydrogens is 162 g/mol. The van der Waals surface area contributed by atoms with Gasteiger partial charge < -0.3 is 10.0 Å². The maximum absolute atomic E-state index is 9.82. The molecular formula is C11H21NO. The Morgan fingerprint density at radius 3 is 2.85 bits per heavy atom. The topological polar surface area (TPSA) is 23.5 Å². The summed E-state index contributed by atoms with van der Waals surface area (Å²) in [6.07, 6.45) is 5.82. The van der Waals surface area contributed by atoms with Crippen LogP contribution >= 0.6 is 0 Å². The lowest BCUT2D eigenvalue weighted by Gasteiger charge is -2.32. The quantitative estimate of drug-likeness (QED) is 0.719. The van der Waals surface area contributed by atoms with Crippen LogP contribution in [0.3, 0.4) is 0 Å². The van der Waals surface area contributed by atoms with Crippen LogP contribution in [0.4, 0.5) is 0 Å². The molecule has 76 valence electrons. The first kappa shape index (κ1) is 9.47. The number of piperidine rings is 1. The zero-order chi connectivity index (χ0) is 9.31. The van der Waals surface area contributed by atoms with Crippen molar-refractivity contribution in [3.63, 3.8) is 0 Å². The van der Waals surface area contributed by atoms with E-state index in [9.17, 15) is 5.11 Å². The van der Waals surface area contributed by atoms with E-state index in [1.807, 2.05) is 0 Å². The minimum absolute atomic E-state index is 0.235. The fourth-order valence-corrected chi connectivity index (χ4v) is 2.49. The van der Waals surface area contributed by atoms with Crippen molar-refractivity contribution >= 4 is 0 Å². The summed E-state index contributed by atoms with van der Waals surface area (Å²) < 4.78 is 0. The Balaban J connectivity index is 1.78. The molecule has 1 N–H and O–H groups in total. The molecule has 2 heteroatoms. The van der Waals surface area contributed by atoms with Gasteiger partial charge in [0.25, 0.3) is 0 Å². The molecule has 0 bridgehead atoms. The third-order valence-corrected chi connectivity index (χ3v) is 3.55. The van der Waals surface area contributed by atoms with Crippen molar-refractivity contribution in [3.05, 3.63) is 0 Å². The number of nitrogens with zero attached hydrogens (tertiary/aromatic N) is 1. The fraction of sp³-hybridized carbons (Fsp3) is 1.00. The molecule has 13 heavy (non-hydrogen) atoms. The molecule has 1 atom stereocenters. The highest BCUT2D eigenvalue weighted by atomic mass is 16.3. The summed E-state index contributed by atoms with van der Waals surface area (Å²) in [7, 11) is 0. The molecule has 2 nitrogen and oxygen atoms in total. The maximum Gasteiger partial charge on any atom is 0.0653 e. The van der Waals surface area contributed by atoms with Crippen LogP contribution in [-0.4, -0.2) is 35.2 Å². The molecule has 0 aromatic rings. The van der Waals surface area contributed by atoms with Gasteiger partial charge in [-0.15, -0.1) is 0 Å². The Hall–Kier alpha value is -0.0800. The number of hydrogen-bond donors (Lipinski definition) is 1. The van der Waals surface area contributed by atoms with Crippen LogP contribution in [0.25, 0.3) is 0 Å².